The van der Waals surface area contributed by atoms with Gasteiger partial charge in [-0.2, -0.15) is 0 Å². The van der Waals surface area contributed by atoms with Crippen LogP contribution in [0, 0.1) is 5.82 Å². The maximum atomic E-state index is 14.1. The zero-order valence-corrected chi connectivity index (χ0v) is 13.2. The van der Waals surface area contributed by atoms with Crippen molar-refractivity contribution in [2.75, 3.05) is 19.6 Å². The molecule has 0 spiro atoms. The van der Waals surface area contributed by atoms with Gasteiger partial charge in [-0.1, -0.05) is 0 Å². The van der Waals surface area contributed by atoms with Gasteiger partial charge < -0.3 is 10.0 Å². The van der Waals surface area contributed by atoms with Crippen molar-refractivity contribution in [3.63, 3.8) is 0 Å². The number of carbonyl (C=O) groups excluding carboxylic acids is 1. The van der Waals surface area contributed by atoms with Crippen LogP contribution in [0.5, 0.6) is 0 Å². The Morgan fingerprint density at radius 2 is 1.91 bits per heavy atom. The number of carboxylic acid groups (broad SMARTS) is 1. The van der Waals surface area contributed by atoms with E-state index in [1.807, 2.05) is 6.92 Å². The van der Waals surface area contributed by atoms with E-state index in [0.29, 0.717) is 12.6 Å². The summed E-state index contributed by atoms with van der Waals surface area (Å²) in [5.41, 5.74) is -0.201. The van der Waals surface area contributed by atoms with E-state index in [1.165, 1.54) is 25.0 Å². The summed E-state index contributed by atoms with van der Waals surface area (Å²) >= 11 is 0. The van der Waals surface area contributed by atoms with Crippen molar-refractivity contribution in [3.05, 3.63) is 35.1 Å². The second-order valence-corrected chi connectivity index (χ2v) is 6.34. The molecule has 23 heavy (non-hydrogen) atoms. The molecule has 0 aliphatic carbocycles. The molecule has 0 radical (unpaired) electrons. The van der Waals surface area contributed by atoms with Crippen LogP contribution in [0.3, 0.4) is 0 Å². The molecule has 124 valence electrons. The zero-order valence-electron chi connectivity index (χ0n) is 13.2. The normalized spacial score (nSPS) is 25.0. The van der Waals surface area contributed by atoms with Crippen molar-refractivity contribution in [1.82, 2.24) is 9.80 Å². The molecule has 5 nitrogen and oxygen atoms in total. The Kier molecular flexibility index (Phi) is 4.35. The molecule has 0 saturated carbocycles. The molecule has 1 aromatic carbocycles. The van der Waals surface area contributed by atoms with Gasteiger partial charge in [-0.15, -0.1) is 0 Å². The summed E-state index contributed by atoms with van der Waals surface area (Å²) < 4.78 is 14.1. The van der Waals surface area contributed by atoms with Crippen molar-refractivity contribution in [2.45, 2.75) is 38.3 Å². The van der Waals surface area contributed by atoms with Gasteiger partial charge in [0.25, 0.3) is 5.91 Å². The fourth-order valence-corrected chi connectivity index (χ4v) is 3.75. The largest absolute Gasteiger partial charge is 0.478 e. The number of halogens is 1. The monoisotopic (exact) mass is 320 g/mol. The fraction of sp³-hybridized carbons (Fsp3) is 0.529. The van der Waals surface area contributed by atoms with Crippen molar-refractivity contribution in [2.24, 2.45) is 0 Å². The van der Waals surface area contributed by atoms with Crippen LogP contribution in [0.1, 0.15) is 46.9 Å². The Morgan fingerprint density at radius 1 is 1.22 bits per heavy atom. The molecule has 0 aromatic heterocycles. The molecular weight excluding hydrogens is 299 g/mol. The molecule has 2 aliphatic heterocycles. The number of rotatable bonds is 3. The van der Waals surface area contributed by atoms with Gasteiger partial charge in [0.05, 0.1) is 11.1 Å². The standard InChI is InChI=1S/C17H21FN2O3/c1-11-15(19-7-2-3-8-19)6-9-20(11)16(21)13-5-4-12(17(22)23)10-14(13)18/h4-5,10-11,15H,2-3,6-9H2,1H3,(H,22,23). The quantitative estimate of drug-likeness (QED) is 0.928. The van der Waals surface area contributed by atoms with Crippen LogP contribution in [-0.2, 0) is 0 Å². The first-order chi connectivity index (χ1) is 11.0. The molecule has 1 aromatic rings. The zero-order chi connectivity index (χ0) is 16.6. The van der Waals surface area contributed by atoms with E-state index in [-0.39, 0.29) is 23.1 Å². The molecular formula is C17H21FN2O3. The van der Waals surface area contributed by atoms with Crippen LogP contribution >= 0.6 is 0 Å². The predicted octanol–water partition coefficient (Wildman–Crippen LogP) is 2.22. The van der Waals surface area contributed by atoms with E-state index in [1.54, 1.807) is 4.90 Å². The van der Waals surface area contributed by atoms with E-state index in [9.17, 15) is 14.0 Å². The van der Waals surface area contributed by atoms with Crippen LogP contribution < -0.4 is 0 Å². The average molecular weight is 320 g/mol. The molecule has 1 N–H and O–H groups in total. The van der Waals surface area contributed by atoms with Gasteiger partial charge in [0.2, 0.25) is 0 Å². The first-order valence-electron chi connectivity index (χ1n) is 8.07. The number of carbonyl (C=O) groups is 2. The molecule has 6 heteroatoms. The highest BCUT2D eigenvalue weighted by atomic mass is 19.1. The molecule has 2 saturated heterocycles. The third-order valence-electron chi connectivity index (χ3n) is 5.03. The first-order valence-corrected chi connectivity index (χ1v) is 8.07. The average Bonchev–Trinajstić information content (AvgIpc) is 3.15. The van der Waals surface area contributed by atoms with Crippen molar-refractivity contribution >= 4 is 11.9 Å². The molecule has 1 amide bonds. The Labute approximate surface area is 134 Å². The Morgan fingerprint density at radius 3 is 2.52 bits per heavy atom. The summed E-state index contributed by atoms with van der Waals surface area (Å²) in [6, 6.07) is 3.84. The molecule has 2 atom stereocenters. The number of likely N-dealkylation sites (tertiary alicyclic amines) is 2. The molecule has 0 bridgehead atoms. The van der Waals surface area contributed by atoms with Crippen LogP contribution in [0.2, 0.25) is 0 Å². The third-order valence-corrected chi connectivity index (χ3v) is 5.03. The summed E-state index contributed by atoms with van der Waals surface area (Å²) in [6.07, 6.45) is 3.30. The van der Waals surface area contributed by atoms with Gasteiger partial charge >= 0.3 is 5.97 Å². The lowest BCUT2D eigenvalue weighted by Gasteiger charge is -2.30. The van der Waals surface area contributed by atoms with E-state index in [4.69, 9.17) is 5.11 Å². The van der Waals surface area contributed by atoms with Crippen molar-refractivity contribution in [1.29, 1.82) is 0 Å². The highest BCUT2D eigenvalue weighted by Crippen LogP contribution is 2.28. The SMILES string of the molecule is CC1C(N2CCCC2)CCN1C(=O)c1ccc(C(=O)O)cc1F. The number of carboxylic acids is 1. The van der Waals surface area contributed by atoms with Gasteiger partial charge in [0.1, 0.15) is 5.82 Å². The number of hydrogen-bond acceptors (Lipinski definition) is 3. The van der Waals surface area contributed by atoms with Gasteiger partial charge in [-0.3, -0.25) is 9.69 Å². The highest BCUT2D eigenvalue weighted by Gasteiger charge is 2.38. The van der Waals surface area contributed by atoms with Crippen LogP contribution in [-0.4, -0.2) is 58.5 Å². The summed E-state index contributed by atoms with van der Waals surface area (Å²) in [4.78, 5) is 27.6. The smallest absolute Gasteiger partial charge is 0.335 e. The Hall–Kier alpha value is -1.95. The Balaban J connectivity index is 1.77. The van der Waals surface area contributed by atoms with E-state index in [2.05, 4.69) is 4.90 Å². The highest BCUT2D eigenvalue weighted by molar-refractivity contribution is 5.96. The summed E-state index contributed by atoms with van der Waals surface area (Å²) in [7, 11) is 0. The Bertz CT molecular complexity index is 628. The summed E-state index contributed by atoms with van der Waals surface area (Å²) in [5.74, 6) is -2.33. The lowest BCUT2D eigenvalue weighted by Crippen LogP contribution is -2.44. The van der Waals surface area contributed by atoms with Crippen LogP contribution in [0.4, 0.5) is 4.39 Å². The second kappa shape index (κ2) is 6.28. The second-order valence-electron chi connectivity index (χ2n) is 6.34. The lowest BCUT2D eigenvalue weighted by atomic mass is 10.1. The number of amides is 1. The fourth-order valence-electron chi connectivity index (χ4n) is 3.75. The molecule has 2 fully saturated rings. The number of benzene rings is 1. The number of hydrogen-bond donors (Lipinski definition) is 1. The first kappa shape index (κ1) is 15.9. The van der Waals surface area contributed by atoms with Gasteiger partial charge in [0, 0.05) is 18.6 Å². The minimum absolute atomic E-state index is 0.0409. The molecule has 3 rings (SSSR count). The maximum absolute atomic E-state index is 14.1. The molecule has 2 aliphatic rings. The predicted molar refractivity (Wildman–Crippen MR) is 83.1 cm³/mol. The minimum atomic E-state index is -1.20. The van der Waals surface area contributed by atoms with E-state index >= 15 is 0 Å². The molecule has 2 unspecified atom stereocenters. The summed E-state index contributed by atoms with van der Waals surface area (Å²) in [5, 5.41) is 8.88. The minimum Gasteiger partial charge on any atom is -0.478 e. The maximum Gasteiger partial charge on any atom is 0.335 e. The van der Waals surface area contributed by atoms with Crippen molar-refractivity contribution in [3.8, 4) is 0 Å². The summed E-state index contributed by atoms with van der Waals surface area (Å²) in [6.45, 7) is 4.76. The van der Waals surface area contributed by atoms with E-state index < -0.39 is 11.8 Å². The van der Waals surface area contributed by atoms with E-state index in [0.717, 1.165) is 25.6 Å². The number of aromatic carboxylic acids is 1. The lowest BCUT2D eigenvalue weighted by molar-refractivity contribution is 0.0685. The topological polar surface area (TPSA) is 60.9 Å². The van der Waals surface area contributed by atoms with Crippen LogP contribution in [0.25, 0.3) is 0 Å². The molecule has 2 heterocycles. The van der Waals surface area contributed by atoms with Gasteiger partial charge in [-0.25, -0.2) is 9.18 Å². The van der Waals surface area contributed by atoms with Crippen molar-refractivity contribution < 1.29 is 19.1 Å². The van der Waals surface area contributed by atoms with Crippen LogP contribution in [0.15, 0.2) is 18.2 Å². The number of nitrogens with zero attached hydrogens (tertiary/aromatic N) is 2. The van der Waals surface area contributed by atoms with Gasteiger partial charge in [-0.05, 0) is 57.5 Å². The third kappa shape index (κ3) is 2.95. The van der Waals surface area contributed by atoms with Gasteiger partial charge in [0.15, 0.2) is 0 Å².